The van der Waals surface area contributed by atoms with Crippen LogP contribution in [0.1, 0.15) is 30.7 Å². The summed E-state index contributed by atoms with van der Waals surface area (Å²) < 4.78 is 29.0. The van der Waals surface area contributed by atoms with Gasteiger partial charge in [-0.15, -0.1) is 0 Å². The Morgan fingerprint density at radius 1 is 1.00 bits per heavy atom. The Kier molecular flexibility index (Phi) is 4.82. The van der Waals surface area contributed by atoms with Gasteiger partial charge in [0.05, 0.1) is 0 Å². The molecule has 6 heteroatoms. The van der Waals surface area contributed by atoms with Gasteiger partial charge in [0.1, 0.15) is 0 Å². The molecular formula is C16H25N3O2S. The number of benzene rings is 1. The topological polar surface area (TPSA) is 66.6 Å². The van der Waals surface area contributed by atoms with Crippen molar-refractivity contribution in [3.63, 3.8) is 0 Å². The van der Waals surface area contributed by atoms with Crippen molar-refractivity contribution in [2.75, 3.05) is 32.7 Å². The van der Waals surface area contributed by atoms with Crippen LogP contribution in [-0.4, -0.2) is 49.8 Å². The van der Waals surface area contributed by atoms with Crippen molar-refractivity contribution in [3.8, 4) is 0 Å². The van der Waals surface area contributed by atoms with Gasteiger partial charge in [-0.25, -0.2) is 0 Å². The average Bonchev–Trinajstić information content (AvgIpc) is 3.01. The van der Waals surface area contributed by atoms with E-state index in [-0.39, 0.29) is 11.8 Å². The SMILES string of the molecule is NC[C@@H]1CN(S(=O)(=O)N2CCCCC2)C[C@H]1c1ccccc1. The van der Waals surface area contributed by atoms with Crippen molar-refractivity contribution < 1.29 is 8.42 Å². The van der Waals surface area contributed by atoms with Gasteiger partial charge < -0.3 is 5.73 Å². The summed E-state index contributed by atoms with van der Waals surface area (Å²) in [5.74, 6) is 0.396. The lowest BCUT2D eigenvalue weighted by Crippen LogP contribution is -2.45. The molecule has 2 N–H and O–H groups in total. The van der Waals surface area contributed by atoms with Gasteiger partial charge >= 0.3 is 0 Å². The van der Waals surface area contributed by atoms with Crippen LogP contribution < -0.4 is 5.73 Å². The van der Waals surface area contributed by atoms with Crippen molar-refractivity contribution >= 4 is 10.2 Å². The molecule has 5 nitrogen and oxygen atoms in total. The lowest BCUT2D eigenvalue weighted by atomic mass is 9.89. The fraction of sp³-hybridized carbons (Fsp3) is 0.625. The number of rotatable bonds is 4. The highest BCUT2D eigenvalue weighted by Crippen LogP contribution is 2.34. The Bertz CT molecular complexity index is 585. The van der Waals surface area contributed by atoms with E-state index < -0.39 is 10.2 Å². The van der Waals surface area contributed by atoms with Gasteiger partial charge in [0.15, 0.2) is 0 Å². The van der Waals surface area contributed by atoms with Gasteiger partial charge in [0.2, 0.25) is 0 Å². The molecule has 1 aromatic rings. The Morgan fingerprint density at radius 3 is 2.32 bits per heavy atom. The number of piperidine rings is 1. The van der Waals surface area contributed by atoms with Crippen LogP contribution >= 0.6 is 0 Å². The average molecular weight is 323 g/mol. The van der Waals surface area contributed by atoms with Crippen LogP contribution in [0.2, 0.25) is 0 Å². The number of hydrogen-bond acceptors (Lipinski definition) is 3. The van der Waals surface area contributed by atoms with E-state index in [9.17, 15) is 8.42 Å². The number of nitrogens with zero attached hydrogens (tertiary/aromatic N) is 2. The minimum absolute atomic E-state index is 0.196. The highest BCUT2D eigenvalue weighted by Gasteiger charge is 2.41. The zero-order valence-corrected chi connectivity index (χ0v) is 13.7. The summed E-state index contributed by atoms with van der Waals surface area (Å²) in [7, 11) is -3.33. The minimum atomic E-state index is -3.33. The van der Waals surface area contributed by atoms with Gasteiger partial charge in [0, 0.05) is 32.1 Å². The zero-order chi connectivity index (χ0) is 15.6. The second kappa shape index (κ2) is 6.66. The second-order valence-corrected chi connectivity index (χ2v) is 8.23. The molecule has 2 fully saturated rings. The van der Waals surface area contributed by atoms with E-state index in [1.54, 1.807) is 8.61 Å². The maximum absolute atomic E-state index is 12.8. The number of hydrogen-bond donors (Lipinski definition) is 1. The maximum atomic E-state index is 12.8. The van der Waals surface area contributed by atoms with Gasteiger partial charge in [0.25, 0.3) is 10.2 Å². The fourth-order valence-corrected chi connectivity index (χ4v) is 5.37. The third kappa shape index (κ3) is 3.06. The van der Waals surface area contributed by atoms with E-state index in [0.29, 0.717) is 32.7 Å². The van der Waals surface area contributed by atoms with Crippen LogP contribution in [0.4, 0.5) is 0 Å². The predicted octanol–water partition coefficient (Wildman–Crippen LogP) is 1.39. The van der Waals surface area contributed by atoms with E-state index in [4.69, 9.17) is 5.73 Å². The zero-order valence-electron chi connectivity index (χ0n) is 12.9. The lowest BCUT2D eigenvalue weighted by Gasteiger charge is -2.30. The number of nitrogens with two attached hydrogens (primary N) is 1. The summed E-state index contributed by atoms with van der Waals surface area (Å²) in [6.45, 7) is 2.91. The summed E-state index contributed by atoms with van der Waals surface area (Å²) in [5, 5.41) is 0. The molecule has 0 bridgehead atoms. The van der Waals surface area contributed by atoms with E-state index >= 15 is 0 Å². The molecule has 122 valence electrons. The van der Waals surface area contributed by atoms with Gasteiger partial charge in [-0.3, -0.25) is 0 Å². The fourth-order valence-electron chi connectivity index (χ4n) is 3.60. The third-order valence-corrected chi connectivity index (χ3v) is 6.87. The summed E-state index contributed by atoms with van der Waals surface area (Å²) in [6.07, 6.45) is 3.06. The molecule has 2 aliphatic rings. The Morgan fingerprint density at radius 2 is 1.68 bits per heavy atom. The molecule has 0 saturated carbocycles. The molecule has 2 saturated heterocycles. The van der Waals surface area contributed by atoms with Gasteiger partial charge in [-0.05, 0) is 30.9 Å². The van der Waals surface area contributed by atoms with Crippen LogP contribution in [0.3, 0.4) is 0 Å². The van der Waals surface area contributed by atoms with E-state index in [0.717, 1.165) is 19.3 Å². The summed E-state index contributed by atoms with van der Waals surface area (Å²) in [5.41, 5.74) is 7.10. The first-order valence-corrected chi connectivity index (χ1v) is 9.53. The van der Waals surface area contributed by atoms with Gasteiger partial charge in [-0.2, -0.15) is 17.0 Å². The Hall–Kier alpha value is -0.950. The minimum Gasteiger partial charge on any atom is -0.330 e. The third-order valence-electron chi connectivity index (χ3n) is 4.91. The van der Waals surface area contributed by atoms with Crippen molar-refractivity contribution in [1.82, 2.24) is 8.61 Å². The largest absolute Gasteiger partial charge is 0.330 e. The first-order chi connectivity index (χ1) is 10.6. The molecule has 0 unspecified atom stereocenters. The van der Waals surface area contributed by atoms with E-state index in [1.807, 2.05) is 18.2 Å². The van der Waals surface area contributed by atoms with Crippen LogP contribution in [0, 0.1) is 5.92 Å². The first-order valence-electron chi connectivity index (χ1n) is 8.13. The monoisotopic (exact) mass is 323 g/mol. The van der Waals surface area contributed by atoms with Crippen LogP contribution in [0.25, 0.3) is 0 Å². The van der Waals surface area contributed by atoms with Gasteiger partial charge in [-0.1, -0.05) is 36.8 Å². The summed E-state index contributed by atoms with van der Waals surface area (Å²) in [6, 6.07) is 10.1. The molecule has 2 heterocycles. The van der Waals surface area contributed by atoms with Crippen LogP contribution in [0.5, 0.6) is 0 Å². The summed E-state index contributed by atoms with van der Waals surface area (Å²) >= 11 is 0. The van der Waals surface area contributed by atoms with Crippen molar-refractivity contribution in [3.05, 3.63) is 35.9 Å². The Labute approximate surface area is 133 Å². The van der Waals surface area contributed by atoms with Crippen molar-refractivity contribution in [1.29, 1.82) is 0 Å². The quantitative estimate of drug-likeness (QED) is 0.910. The highest BCUT2D eigenvalue weighted by atomic mass is 32.2. The lowest BCUT2D eigenvalue weighted by molar-refractivity contribution is 0.314. The van der Waals surface area contributed by atoms with Crippen LogP contribution in [0.15, 0.2) is 30.3 Å². The molecule has 2 aliphatic heterocycles. The van der Waals surface area contributed by atoms with Crippen LogP contribution in [-0.2, 0) is 10.2 Å². The molecule has 3 rings (SSSR count). The second-order valence-electron chi connectivity index (χ2n) is 6.30. The first kappa shape index (κ1) is 15.9. The standard InChI is InChI=1S/C16H25N3O2S/c17-11-15-12-19(13-16(15)14-7-3-1-4-8-14)22(20,21)18-9-5-2-6-10-18/h1,3-4,7-8,15-16H,2,5-6,9-13,17H2/t15-,16+/m1/s1. The smallest absolute Gasteiger partial charge is 0.282 e. The highest BCUT2D eigenvalue weighted by molar-refractivity contribution is 7.86. The molecule has 2 atom stereocenters. The maximum Gasteiger partial charge on any atom is 0.282 e. The van der Waals surface area contributed by atoms with E-state index in [1.165, 1.54) is 5.56 Å². The molecule has 0 amide bonds. The molecule has 0 aromatic heterocycles. The summed E-state index contributed by atoms with van der Waals surface area (Å²) in [4.78, 5) is 0. The normalized spacial score (nSPS) is 28.0. The van der Waals surface area contributed by atoms with Crippen molar-refractivity contribution in [2.45, 2.75) is 25.2 Å². The Balaban J connectivity index is 1.79. The van der Waals surface area contributed by atoms with Crippen molar-refractivity contribution in [2.24, 2.45) is 11.7 Å². The molecule has 0 aliphatic carbocycles. The van der Waals surface area contributed by atoms with E-state index in [2.05, 4.69) is 12.1 Å². The molecule has 22 heavy (non-hydrogen) atoms. The molecule has 0 spiro atoms. The molecule has 0 radical (unpaired) electrons. The predicted molar refractivity (Wildman–Crippen MR) is 87.6 cm³/mol. The molecule has 1 aromatic carbocycles. The molecular weight excluding hydrogens is 298 g/mol.